The molecule has 0 fully saturated rings. The van der Waals surface area contributed by atoms with Gasteiger partial charge in [0, 0.05) is 12.6 Å². The maximum absolute atomic E-state index is 11.9. The first kappa shape index (κ1) is 15.5. The number of nitrogens with two attached hydrogens (primary N) is 1. The quantitative estimate of drug-likeness (QED) is 0.470. The Hall–Kier alpha value is -2.87. The molecule has 1 aromatic heterocycles. The molecule has 1 aromatic carbocycles. The second-order valence-electron chi connectivity index (χ2n) is 4.42. The molecule has 0 saturated carbocycles. The van der Waals surface area contributed by atoms with Crippen molar-refractivity contribution >= 4 is 5.91 Å². The topological polar surface area (TPSA) is 108 Å². The zero-order valence-corrected chi connectivity index (χ0v) is 12.4. The Balaban J connectivity index is 2.60. The first-order valence-electron chi connectivity index (χ1n) is 6.33. The van der Waals surface area contributed by atoms with E-state index in [1.165, 1.54) is 27.3 Å². The zero-order valence-electron chi connectivity index (χ0n) is 12.4. The summed E-state index contributed by atoms with van der Waals surface area (Å²) in [6.45, 7) is 0. The number of aromatic nitrogens is 2. The highest BCUT2D eigenvalue weighted by Crippen LogP contribution is 2.31. The van der Waals surface area contributed by atoms with Gasteiger partial charge in [0.05, 0.1) is 19.9 Å². The fraction of sp³-hybridized carbons (Fsp3) is 0.214. The predicted octanol–water partition coefficient (Wildman–Crippen LogP) is 0.0680. The van der Waals surface area contributed by atoms with Gasteiger partial charge in [-0.15, -0.1) is 0 Å². The third-order valence-electron chi connectivity index (χ3n) is 3.12. The van der Waals surface area contributed by atoms with Gasteiger partial charge in [-0.1, -0.05) is 0 Å². The number of rotatable bonds is 4. The molecule has 2 aromatic rings. The van der Waals surface area contributed by atoms with Gasteiger partial charge in [0.1, 0.15) is 5.56 Å². The normalized spacial score (nSPS) is 10.2. The van der Waals surface area contributed by atoms with Gasteiger partial charge < -0.3 is 9.47 Å². The van der Waals surface area contributed by atoms with Crippen molar-refractivity contribution in [3.8, 4) is 22.8 Å². The van der Waals surface area contributed by atoms with Gasteiger partial charge in [0.2, 0.25) is 0 Å². The van der Waals surface area contributed by atoms with Gasteiger partial charge in [-0.25, -0.2) is 10.5 Å². The van der Waals surface area contributed by atoms with Gasteiger partial charge >= 0.3 is 0 Å². The molecule has 8 heteroatoms. The van der Waals surface area contributed by atoms with Gasteiger partial charge in [0.15, 0.2) is 11.5 Å². The van der Waals surface area contributed by atoms with E-state index in [0.717, 1.165) is 4.68 Å². The molecule has 1 amide bonds. The fourth-order valence-electron chi connectivity index (χ4n) is 1.99. The Bertz CT molecular complexity index is 770. The van der Waals surface area contributed by atoms with E-state index in [1.54, 1.807) is 18.2 Å². The van der Waals surface area contributed by atoms with E-state index in [4.69, 9.17) is 15.3 Å². The van der Waals surface area contributed by atoms with Gasteiger partial charge in [-0.2, -0.15) is 5.10 Å². The van der Waals surface area contributed by atoms with Crippen LogP contribution >= 0.6 is 0 Å². The van der Waals surface area contributed by atoms with E-state index < -0.39 is 11.5 Å². The van der Waals surface area contributed by atoms with Crippen LogP contribution in [-0.2, 0) is 7.05 Å². The third-order valence-corrected chi connectivity index (χ3v) is 3.12. The van der Waals surface area contributed by atoms with Crippen LogP contribution in [0.4, 0.5) is 0 Å². The summed E-state index contributed by atoms with van der Waals surface area (Å²) < 4.78 is 11.5. The molecule has 0 atom stereocenters. The van der Waals surface area contributed by atoms with Crippen LogP contribution in [0.5, 0.6) is 11.5 Å². The largest absolute Gasteiger partial charge is 0.493 e. The van der Waals surface area contributed by atoms with E-state index >= 15 is 0 Å². The maximum Gasteiger partial charge on any atom is 0.279 e. The molecule has 0 spiro atoms. The lowest BCUT2D eigenvalue weighted by Gasteiger charge is -2.10. The number of nitrogen functional groups attached to an aromatic ring is 1. The van der Waals surface area contributed by atoms with Crippen LogP contribution < -0.4 is 26.3 Å². The van der Waals surface area contributed by atoms with E-state index in [0.29, 0.717) is 22.8 Å². The Morgan fingerprint density at radius 2 is 1.91 bits per heavy atom. The molecule has 8 nitrogen and oxygen atoms in total. The van der Waals surface area contributed by atoms with Gasteiger partial charge in [0.25, 0.3) is 11.5 Å². The Morgan fingerprint density at radius 3 is 2.50 bits per heavy atom. The molecular formula is C14H16N4O4. The molecule has 2 rings (SSSR count). The molecule has 3 N–H and O–H groups in total. The lowest BCUT2D eigenvalue weighted by Crippen LogP contribution is -2.36. The summed E-state index contributed by atoms with van der Waals surface area (Å²) in [7, 11) is 4.51. The van der Waals surface area contributed by atoms with Crippen molar-refractivity contribution in [2.75, 3.05) is 14.2 Å². The molecule has 0 saturated heterocycles. The molecule has 116 valence electrons. The summed E-state index contributed by atoms with van der Waals surface area (Å²) in [6, 6.07) is 6.55. The number of methoxy groups -OCH3 is 2. The fourth-order valence-corrected chi connectivity index (χ4v) is 1.99. The number of hydrogen-bond acceptors (Lipinski definition) is 6. The van der Waals surface area contributed by atoms with Crippen molar-refractivity contribution in [3.63, 3.8) is 0 Å². The van der Waals surface area contributed by atoms with Crippen LogP contribution in [0, 0.1) is 0 Å². The number of carbonyl (C=O) groups is 1. The van der Waals surface area contributed by atoms with Gasteiger partial charge in [-0.3, -0.25) is 15.0 Å². The van der Waals surface area contributed by atoms with E-state index in [1.807, 2.05) is 5.43 Å². The average Bonchev–Trinajstić information content (AvgIpc) is 2.55. The van der Waals surface area contributed by atoms with Crippen molar-refractivity contribution in [1.29, 1.82) is 0 Å². The molecule has 0 bridgehead atoms. The maximum atomic E-state index is 11.9. The Labute approximate surface area is 126 Å². The van der Waals surface area contributed by atoms with E-state index in [-0.39, 0.29) is 5.56 Å². The molecule has 0 aliphatic rings. The minimum absolute atomic E-state index is 0.0928. The molecule has 0 aliphatic heterocycles. The first-order chi connectivity index (χ1) is 10.5. The van der Waals surface area contributed by atoms with Crippen LogP contribution in [0.3, 0.4) is 0 Å². The second kappa shape index (κ2) is 6.27. The van der Waals surface area contributed by atoms with Crippen LogP contribution in [0.2, 0.25) is 0 Å². The number of hydrazine groups is 1. The Morgan fingerprint density at radius 1 is 1.23 bits per heavy atom. The molecular weight excluding hydrogens is 288 g/mol. The van der Waals surface area contributed by atoms with Crippen molar-refractivity contribution in [2.45, 2.75) is 0 Å². The number of nitrogens with one attached hydrogen (secondary N) is 1. The smallest absolute Gasteiger partial charge is 0.279 e. The Kier molecular flexibility index (Phi) is 4.42. The third kappa shape index (κ3) is 2.77. The lowest BCUT2D eigenvalue weighted by molar-refractivity contribution is 0.0951. The second-order valence-corrected chi connectivity index (χ2v) is 4.42. The van der Waals surface area contributed by atoms with Crippen molar-refractivity contribution < 1.29 is 14.3 Å². The number of hydrogen-bond donors (Lipinski definition) is 2. The molecule has 0 aliphatic carbocycles. The van der Waals surface area contributed by atoms with Crippen LogP contribution in [-0.4, -0.2) is 29.9 Å². The average molecular weight is 304 g/mol. The monoisotopic (exact) mass is 304 g/mol. The summed E-state index contributed by atoms with van der Waals surface area (Å²) >= 11 is 0. The first-order valence-corrected chi connectivity index (χ1v) is 6.33. The van der Waals surface area contributed by atoms with Crippen molar-refractivity contribution in [2.24, 2.45) is 12.9 Å². The standard InChI is InChI=1S/C14H16N4O4/c1-18-14(20)9(13(19)16-15)7-10(17-18)8-4-5-11(21-2)12(6-8)22-3/h4-7H,15H2,1-3H3,(H,16,19). The highest BCUT2D eigenvalue weighted by molar-refractivity contribution is 5.94. The van der Waals surface area contributed by atoms with Gasteiger partial charge in [-0.05, 0) is 24.3 Å². The summed E-state index contributed by atoms with van der Waals surface area (Å²) in [5, 5.41) is 4.14. The van der Waals surface area contributed by atoms with Crippen LogP contribution in [0.15, 0.2) is 29.1 Å². The summed E-state index contributed by atoms with van der Waals surface area (Å²) in [4.78, 5) is 23.6. The molecule has 22 heavy (non-hydrogen) atoms. The number of nitrogens with zero attached hydrogens (tertiary/aromatic N) is 2. The molecule has 0 unspecified atom stereocenters. The minimum atomic E-state index is -0.676. The van der Waals surface area contributed by atoms with E-state index in [9.17, 15) is 9.59 Å². The SMILES string of the molecule is COc1ccc(-c2cc(C(=O)NN)c(=O)n(C)n2)cc1OC. The predicted molar refractivity (Wildman–Crippen MR) is 79.7 cm³/mol. The minimum Gasteiger partial charge on any atom is -0.493 e. The summed E-state index contributed by atoms with van der Waals surface area (Å²) in [5.74, 6) is 5.49. The van der Waals surface area contributed by atoms with Crippen LogP contribution in [0.1, 0.15) is 10.4 Å². The summed E-state index contributed by atoms with van der Waals surface area (Å²) in [5.41, 5.74) is 2.41. The van der Waals surface area contributed by atoms with Crippen molar-refractivity contribution in [3.05, 3.63) is 40.2 Å². The van der Waals surface area contributed by atoms with Crippen molar-refractivity contribution in [1.82, 2.24) is 15.2 Å². The molecule has 1 heterocycles. The zero-order chi connectivity index (χ0) is 16.3. The molecule has 0 radical (unpaired) electrons. The summed E-state index contributed by atoms with van der Waals surface area (Å²) in [6.07, 6.45) is 0. The van der Waals surface area contributed by atoms with E-state index in [2.05, 4.69) is 5.10 Å². The number of aryl methyl sites for hydroxylation is 1. The number of carbonyl (C=O) groups excluding carboxylic acids is 1. The lowest BCUT2D eigenvalue weighted by atomic mass is 10.1. The highest BCUT2D eigenvalue weighted by atomic mass is 16.5. The number of amides is 1. The highest BCUT2D eigenvalue weighted by Gasteiger charge is 2.15. The van der Waals surface area contributed by atoms with Crippen LogP contribution in [0.25, 0.3) is 11.3 Å². The number of ether oxygens (including phenoxy) is 2. The number of benzene rings is 1.